The van der Waals surface area contributed by atoms with Gasteiger partial charge >= 0.3 is 6.03 Å². The van der Waals surface area contributed by atoms with E-state index in [1.54, 1.807) is 21.7 Å². The molecule has 8 heteroatoms. The minimum absolute atomic E-state index is 0.332. The van der Waals surface area contributed by atoms with Crippen molar-refractivity contribution in [1.29, 1.82) is 0 Å². The Kier molecular flexibility index (Phi) is 5.90. The zero-order valence-electron chi connectivity index (χ0n) is 16.7. The summed E-state index contributed by atoms with van der Waals surface area (Å²) in [6, 6.07) is 9.28. The molecule has 0 radical (unpaired) electrons. The maximum Gasteiger partial charge on any atom is 0.314 e. The van der Waals surface area contributed by atoms with Gasteiger partial charge in [0.05, 0.1) is 11.9 Å². The topological polar surface area (TPSA) is 88.5 Å². The van der Waals surface area contributed by atoms with Gasteiger partial charge in [-0.05, 0) is 31.2 Å². The summed E-state index contributed by atoms with van der Waals surface area (Å²) in [6.45, 7) is 6.09. The Labute approximate surface area is 180 Å². The van der Waals surface area contributed by atoms with Crippen LogP contribution in [0.25, 0.3) is 23.0 Å². The minimum Gasteiger partial charge on any atom is -0.370 e. The number of nitrogens with two attached hydrogens (primary N) is 1. The molecular formula is C22H25ClN6O. The summed E-state index contributed by atoms with van der Waals surface area (Å²) in [6.07, 6.45) is 6.53. The van der Waals surface area contributed by atoms with Gasteiger partial charge in [0.1, 0.15) is 5.82 Å². The van der Waals surface area contributed by atoms with Crippen LogP contribution in [0.2, 0.25) is 5.02 Å². The number of rotatable bonds is 6. The molecule has 1 aromatic carbocycles. The van der Waals surface area contributed by atoms with Gasteiger partial charge in [-0.15, -0.1) is 0 Å². The number of fused-ring (bicyclic) bond motifs is 1. The summed E-state index contributed by atoms with van der Waals surface area (Å²) in [5.74, 6) is 1.27. The number of carbonyl (C=O) groups is 1. The number of halogens is 1. The third-order valence-corrected chi connectivity index (χ3v) is 5.89. The molecular weight excluding hydrogens is 400 g/mol. The molecule has 0 bridgehead atoms. The van der Waals surface area contributed by atoms with Crippen LogP contribution in [-0.2, 0) is 0 Å². The fourth-order valence-electron chi connectivity index (χ4n) is 3.96. The van der Waals surface area contributed by atoms with Crippen LogP contribution in [0.5, 0.6) is 0 Å². The van der Waals surface area contributed by atoms with E-state index in [4.69, 9.17) is 22.3 Å². The average molecular weight is 425 g/mol. The Morgan fingerprint density at radius 3 is 3.00 bits per heavy atom. The molecule has 3 N–H and O–H groups in total. The summed E-state index contributed by atoms with van der Waals surface area (Å²) in [5.41, 5.74) is 8.67. The molecule has 3 heterocycles. The maximum atomic E-state index is 11.5. The van der Waals surface area contributed by atoms with Crippen LogP contribution in [0.4, 0.5) is 10.6 Å². The van der Waals surface area contributed by atoms with E-state index in [-0.39, 0.29) is 6.03 Å². The van der Waals surface area contributed by atoms with Gasteiger partial charge in [-0.25, -0.2) is 9.78 Å². The van der Waals surface area contributed by atoms with Crippen LogP contribution in [0.1, 0.15) is 24.8 Å². The third kappa shape index (κ3) is 4.11. The number of piperidine rings is 1. The number of hydrogen-bond acceptors (Lipinski definition) is 4. The van der Waals surface area contributed by atoms with E-state index in [0.29, 0.717) is 10.9 Å². The number of carbonyl (C=O) groups excluding carboxylic acids is 1. The normalized spacial score (nSPS) is 16.6. The molecule has 0 saturated carbocycles. The number of amides is 2. The third-order valence-electron chi connectivity index (χ3n) is 5.56. The van der Waals surface area contributed by atoms with Crippen molar-refractivity contribution in [3.8, 4) is 11.3 Å². The van der Waals surface area contributed by atoms with Crippen LogP contribution >= 0.6 is 11.6 Å². The molecule has 1 aliphatic heterocycles. The molecule has 0 spiro atoms. The monoisotopic (exact) mass is 424 g/mol. The first kappa shape index (κ1) is 20.2. The van der Waals surface area contributed by atoms with E-state index in [0.717, 1.165) is 67.2 Å². The summed E-state index contributed by atoms with van der Waals surface area (Å²) < 4.78 is 1.79. The summed E-state index contributed by atoms with van der Waals surface area (Å²) in [4.78, 5) is 18.0. The lowest BCUT2D eigenvalue weighted by Gasteiger charge is -2.31. The molecule has 1 fully saturated rings. The number of urea groups is 1. The van der Waals surface area contributed by atoms with Crippen LogP contribution in [0.3, 0.4) is 0 Å². The van der Waals surface area contributed by atoms with E-state index in [2.05, 4.69) is 17.0 Å². The number of anilines is 1. The van der Waals surface area contributed by atoms with Crippen LogP contribution in [0, 0.1) is 5.92 Å². The zero-order valence-corrected chi connectivity index (χ0v) is 17.5. The fourth-order valence-corrected chi connectivity index (χ4v) is 4.19. The number of benzene rings is 1. The highest BCUT2D eigenvalue weighted by Gasteiger charge is 2.22. The maximum absolute atomic E-state index is 11.5. The van der Waals surface area contributed by atoms with E-state index in [9.17, 15) is 4.79 Å². The molecule has 1 unspecified atom stereocenters. The highest BCUT2D eigenvalue weighted by atomic mass is 35.5. The highest BCUT2D eigenvalue weighted by molar-refractivity contribution is 6.33. The van der Waals surface area contributed by atoms with Gasteiger partial charge in [-0.3, -0.25) is 0 Å². The number of nitrogens with one attached hydrogen (secondary N) is 1. The largest absolute Gasteiger partial charge is 0.370 e. The lowest BCUT2D eigenvalue weighted by Crippen LogP contribution is -2.43. The molecule has 1 atom stereocenters. The van der Waals surface area contributed by atoms with E-state index in [1.165, 1.54) is 0 Å². The van der Waals surface area contributed by atoms with Crippen molar-refractivity contribution >= 4 is 35.2 Å². The Morgan fingerprint density at radius 2 is 2.23 bits per heavy atom. The quantitative estimate of drug-likeness (QED) is 0.617. The lowest BCUT2D eigenvalue weighted by atomic mass is 9.95. The molecule has 2 aromatic heterocycles. The van der Waals surface area contributed by atoms with Crippen LogP contribution in [0.15, 0.2) is 43.1 Å². The molecule has 4 rings (SSSR count). The molecule has 0 aliphatic carbocycles. The summed E-state index contributed by atoms with van der Waals surface area (Å²) >= 11 is 6.41. The summed E-state index contributed by atoms with van der Waals surface area (Å²) in [7, 11) is 0. The van der Waals surface area contributed by atoms with Crippen molar-refractivity contribution < 1.29 is 4.79 Å². The van der Waals surface area contributed by atoms with Gasteiger partial charge in [0.25, 0.3) is 0 Å². The number of primary amides is 1. The first-order valence-electron chi connectivity index (χ1n) is 10.1. The molecule has 1 saturated heterocycles. The van der Waals surface area contributed by atoms with E-state index >= 15 is 0 Å². The zero-order chi connectivity index (χ0) is 21.1. The standard InChI is InChI=1S/C22H25ClN6O/c1-2-16-13-26-29-20(25-10-9-15-6-5-11-28(14-15)22(24)30)12-19(27-21(16)29)17-7-3-4-8-18(17)23/h2-4,7-8,12-13,15,25H,1,5-6,9-11,14H2,(H2,24,30). The van der Waals surface area contributed by atoms with Crippen molar-refractivity contribution in [2.45, 2.75) is 19.3 Å². The van der Waals surface area contributed by atoms with Crippen molar-refractivity contribution in [2.75, 3.05) is 25.0 Å². The molecule has 3 aromatic rings. The van der Waals surface area contributed by atoms with Gasteiger partial charge in [0, 0.05) is 41.9 Å². The Bertz CT molecular complexity index is 1080. The number of aromatic nitrogens is 3. The number of hydrogen-bond donors (Lipinski definition) is 2. The first-order valence-corrected chi connectivity index (χ1v) is 10.5. The Balaban J connectivity index is 1.57. The number of likely N-dealkylation sites (tertiary alicyclic amines) is 1. The van der Waals surface area contributed by atoms with Crippen LogP contribution in [-0.4, -0.2) is 45.2 Å². The smallest absolute Gasteiger partial charge is 0.314 e. The number of nitrogens with zero attached hydrogens (tertiary/aromatic N) is 4. The molecule has 30 heavy (non-hydrogen) atoms. The summed E-state index contributed by atoms with van der Waals surface area (Å²) in [5, 5.41) is 8.61. The second-order valence-corrected chi connectivity index (χ2v) is 7.96. The van der Waals surface area contributed by atoms with Crippen molar-refractivity contribution in [2.24, 2.45) is 11.7 Å². The van der Waals surface area contributed by atoms with Gasteiger partial charge < -0.3 is 16.0 Å². The lowest BCUT2D eigenvalue weighted by molar-refractivity contribution is 0.171. The van der Waals surface area contributed by atoms with E-state index < -0.39 is 0 Å². The van der Waals surface area contributed by atoms with Crippen molar-refractivity contribution in [1.82, 2.24) is 19.5 Å². The molecule has 7 nitrogen and oxygen atoms in total. The highest BCUT2D eigenvalue weighted by Crippen LogP contribution is 2.29. The average Bonchev–Trinajstić information content (AvgIpc) is 3.17. The minimum atomic E-state index is -0.332. The second-order valence-electron chi connectivity index (χ2n) is 7.55. The predicted molar refractivity (Wildman–Crippen MR) is 121 cm³/mol. The molecule has 2 amide bonds. The Hall–Kier alpha value is -3.06. The van der Waals surface area contributed by atoms with Crippen LogP contribution < -0.4 is 11.1 Å². The van der Waals surface area contributed by atoms with Gasteiger partial charge in [-0.1, -0.05) is 42.5 Å². The van der Waals surface area contributed by atoms with Crippen molar-refractivity contribution in [3.63, 3.8) is 0 Å². The van der Waals surface area contributed by atoms with Gasteiger partial charge in [0.15, 0.2) is 5.65 Å². The SMILES string of the molecule is C=Cc1cnn2c(NCCC3CCCN(C(N)=O)C3)cc(-c3ccccc3Cl)nc12. The van der Waals surface area contributed by atoms with Gasteiger partial charge in [-0.2, -0.15) is 9.61 Å². The molecule has 1 aliphatic rings. The molecule has 156 valence electrons. The fraction of sp³-hybridized carbons (Fsp3) is 0.318. The second kappa shape index (κ2) is 8.75. The first-order chi connectivity index (χ1) is 14.6. The van der Waals surface area contributed by atoms with E-state index in [1.807, 2.05) is 30.3 Å². The predicted octanol–water partition coefficient (Wildman–Crippen LogP) is 4.29. The Morgan fingerprint density at radius 1 is 1.40 bits per heavy atom. The van der Waals surface area contributed by atoms with Crippen molar-refractivity contribution in [3.05, 3.63) is 53.7 Å². The van der Waals surface area contributed by atoms with Gasteiger partial charge in [0.2, 0.25) is 0 Å².